The van der Waals surface area contributed by atoms with Gasteiger partial charge in [-0.1, -0.05) is 13.3 Å². The Morgan fingerprint density at radius 3 is 2.36 bits per heavy atom. The second-order valence-electron chi connectivity index (χ2n) is 2.82. The molecule has 0 spiro atoms. The van der Waals surface area contributed by atoms with Crippen LogP contribution in [0.4, 0.5) is 0 Å². The van der Waals surface area contributed by atoms with Crippen molar-refractivity contribution in [1.82, 2.24) is 4.31 Å². The van der Waals surface area contributed by atoms with Crippen molar-refractivity contribution in [2.24, 2.45) is 0 Å². The van der Waals surface area contributed by atoms with Crippen molar-refractivity contribution in [3.63, 3.8) is 0 Å². The minimum absolute atomic E-state index is 0.146. The molecule has 4 heteroatoms. The summed E-state index contributed by atoms with van der Waals surface area (Å²) in [6.45, 7) is 6.61. The third-order valence-electron chi connectivity index (χ3n) is 1.51. The molecule has 0 heterocycles. The van der Waals surface area contributed by atoms with E-state index < -0.39 is 11.3 Å². The van der Waals surface area contributed by atoms with Gasteiger partial charge in [-0.05, 0) is 20.3 Å². The molecule has 0 aliphatic heterocycles. The van der Waals surface area contributed by atoms with Gasteiger partial charge in [-0.2, -0.15) is 4.31 Å². The van der Waals surface area contributed by atoms with Crippen molar-refractivity contribution in [2.75, 3.05) is 6.54 Å². The molecular weight excluding hydrogens is 162 g/mol. The summed E-state index contributed by atoms with van der Waals surface area (Å²) in [7, 11) is 0. The molecule has 68 valence electrons. The second kappa shape index (κ2) is 5.69. The van der Waals surface area contributed by atoms with Gasteiger partial charge in [-0.15, -0.1) is 0 Å². The highest BCUT2D eigenvalue weighted by molar-refractivity contribution is 7.76. The maximum atomic E-state index is 10.7. The highest BCUT2D eigenvalue weighted by atomic mass is 32.2. The zero-order chi connectivity index (χ0) is 8.85. The van der Waals surface area contributed by atoms with E-state index in [0.29, 0.717) is 6.54 Å². The van der Waals surface area contributed by atoms with E-state index in [1.165, 1.54) is 0 Å². The summed E-state index contributed by atoms with van der Waals surface area (Å²) in [5, 5.41) is 0. The third-order valence-corrected chi connectivity index (χ3v) is 2.51. The minimum Gasteiger partial charge on any atom is -0.294 e. The van der Waals surface area contributed by atoms with Gasteiger partial charge in [-0.3, -0.25) is 4.55 Å². The molecule has 0 amide bonds. The Hall–Kier alpha value is 0.0700. The van der Waals surface area contributed by atoms with Crippen molar-refractivity contribution < 1.29 is 8.76 Å². The molecule has 0 bridgehead atoms. The first-order valence-corrected chi connectivity index (χ1v) is 5.03. The predicted octanol–water partition coefficient (Wildman–Crippen LogP) is 1.63. The lowest BCUT2D eigenvalue weighted by molar-refractivity contribution is 0.339. The van der Waals surface area contributed by atoms with Crippen LogP contribution in [-0.4, -0.2) is 25.7 Å². The summed E-state index contributed by atoms with van der Waals surface area (Å²) in [4.78, 5) is 0. The topological polar surface area (TPSA) is 40.5 Å². The van der Waals surface area contributed by atoms with Gasteiger partial charge in [0.25, 0.3) is 0 Å². The van der Waals surface area contributed by atoms with Crippen LogP contribution in [0, 0.1) is 0 Å². The zero-order valence-electron chi connectivity index (χ0n) is 7.41. The number of hydrogen-bond acceptors (Lipinski definition) is 1. The molecule has 3 nitrogen and oxygen atoms in total. The normalized spacial score (nSPS) is 14.4. The Bertz CT molecular complexity index is 128. The fourth-order valence-electron chi connectivity index (χ4n) is 0.831. The third kappa shape index (κ3) is 4.50. The Morgan fingerprint density at radius 2 is 2.09 bits per heavy atom. The van der Waals surface area contributed by atoms with Gasteiger partial charge in [0.15, 0.2) is 0 Å². The molecule has 0 saturated carbocycles. The van der Waals surface area contributed by atoms with Crippen molar-refractivity contribution >= 4 is 11.3 Å². The quantitative estimate of drug-likeness (QED) is 0.652. The summed E-state index contributed by atoms with van der Waals surface area (Å²) >= 11 is -1.80. The summed E-state index contributed by atoms with van der Waals surface area (Å²) in [5.41, 5.74) is 0. The molecule has 1 unspecified atom stereocenters. The van der Waals surface area contributed by atoms with E-state index in [0.717, 1.165) is 12.8 Å². The van der Waals surface area contributed by atoms with Crippen molar-refractivity contribution in [2.45, 2.75) is 39.7 Å². The number of rotatable bonds is 5. The van der Waals surface area contributed by atoms with Crippen molar-refractivity contribution in [3.05, 3.63) is 0 Å². The van der Waals surface area contributed by atoms with Crippen LogP contribution >= 0.6 is 0 Å². The summed E-state index contributed by atoms with van der Waals surface area (Å²) < 4.78 is 21.1. The van der Waals surface area contributed by atoms with E-state index in [1.807, 2.05) is 13.8 Å². The highest BCUT2D eigenvalue weighted by Crippen LogP contribution is 2.03. The molecule has 0 aromatic carbocycles. The maximum Gasteiger partial charge on any atom is 0.234 e. The molecular formula is C7H17NO2S. The fraction of sp³-hybridized carbons (Fsp3) is 1.00. The van der Waals surface area contributed by atoms with Gasteiger partial charge >= 0.3 is 0 Å². The minimum atomic E-state index is -1.80. The lowest BCUT2D eigenvalue weighted by atomic mass is 10.3. The molecule has 0 rings (SSSR count). The smallest absolute Gasteiger partial charge is 0.234 e. The SMILES string of the molecule is CCCCN(C(C)C)S(=O)O. The monoisotopic (exact) mass is 179 g/mol. The predicted molar refractivity (Wildman–Crippen MR) is 47.5 cm³/mol. The number of hydrogen-bond donors (Lipinski definition) is 1. The van der Waals surface area contributed by atoms with Crippen LogP contribution in [0.1, 0.15) is 33.6 Å². The van der Waals surface area contributed by atoms with Crippen LogP contribution in [0.3, 0.4) is 0 Å². The molecule has 1 atom stereocenters. The zero-order valence-corrected chi connectivity index (χ0v) is 8.23. The second-order valence-corrected chi connectivity index (χ2v) is 3.75. The molecule has 0 aromatic rings. The standard InChI is InChI=1S/C7H17NO2S/c1-4-5-6-8(7(2)3)11(9)10/h7H,4-6H2,1-3H3,(H,9,10). The van der Waals surface area contributed by atoms with Crippen molar-refractivity contribution in [3.8, 4) is 0 Å². The van der Waals surface area contributed by atoms with E-state index in [1.54, 1.807) is 4.31 Å². The van der Waals surface area contributed by atoms with Gasteiger partial charge in [0.2, 0.25) is 11.3 Å². The van der Waals surface area contributed by atoms with Gasteiger partial charge < -0.3 is 0 Å². The Kier molecular flexibility index (Phi) is 5.72. The van der Waals surface area contributed by atoms with Crippen LogP contribution in [0.15, 0.2) is 0 Å². The first kappa shape index (κ1) is 11.1. The molecule has 0 aliphatic rings. The maximum absolute atomic E-state index is 10.7. The average molecular weight is 179 g/mol. The van der Waals surface area contributed by atoms with E-state index in [2.05, 4.69) is 6.92 Å². The molecule has 0 fully saturated rings. The van der Waals surface area contributed by atoms with E-state index >= 15 is 0 Å². The molecule has 0 radical (unpaired) electrons. The van der Waals surface area contributed by atoms with Gasteiger partial charge in [0, 0.05) is 12.6 Å². The Labute approximate surface area is 71.2 Å². The van der Waals surface area contributed by atoms with E-state index in [9.17, 15) is 4.21 Å². The molecule has 0 saturated heterocycles. The van der Waals surface area contributed by atoms with Gasteiger partial charge in [0.05, 0.1) is 0 Å². The Balaban J connectivity index is 3.80. The Morgan fingerprint density at radius 1 is 1.55 bits per heavy atom. The first-order valence-electron chi connectivity index (χ1n) is 3.97. The lowest BCUT2D eigenvalue weighted by Crippen LogP contribution is -2.33. The average Bonchev–Trinajstić information content (AvgIpc) is 1.87. The number of nitrogens with zero attached hydrogens (tertiary/aromatic N) is 1. The lowest BCUT2D eigenvalue weighted by Gasteiger charge is -2.20. The molecule has 1 N–H and O–H groups in total. The summed E-state index contributed by atoms with van der Waals surface area (Å²) in [6, 6.07) is 0.146. The van der Waals surface area contributed by atoms with Crippen LogP contribution in [0.25, 0.3) is 0 Å². The van der Waals surface area contributed by atoms with Gasteiger partial charge in [0.1, 0.15) is 0 Å². The molecule has 0 aromatic heterocycles. The molecule has 0 aliphatic carbocycles. The van der Waals surface area contributed by atoms with Crippen LogP contribution < -0.4 is 0 Å². The largest absolute Gasteiger partial charge is 0.294 e. The number of unbranched alkanes of at least 4 members (excludes halogenated alkanes) is 1. The van der Waals surface area contributed by atoms with Crippen LogP contribution in [-0.2, 0) is 11.3 Å². The van der Waals surface area contributed by atoms with Crippen LogP contribution in [0.5, 0.6) is 0 Å². The van der Waals surface area contributed by atoms with E-state index in [-0.39, 0.29) is 6.04 Å². The molecule has 11 heavy (non-hydrogen) atoms. The van der Waals surface area contributed by atoms with Crippen LogP contribution in [0.2, 0.25) is 0 Å². The highest BCUT2D eigenvalue weighted by Gasteiger charge is 2.13. The fourth-order valence-corrected chi connectivity index (χ4v) is 1.48. The van der Waals surface area contributed by atoms with Gasteiger partial charge in [-0.25, -0.2) is 4.21 Å². The first-order chi connectivity index (χ1) is 5.09. The van der Waals surface area contributed by atoms with Crippen molar-refractivity contribution in [1.29, 1.82) is 0 Å². The van der Waals surface area contributed by atoms with E-state index in [4.69, 9.17) is 4.55 Å². The summed E-state index contributed by atoms with van der Waals surface area (Å²) in [6.07, 6.45) is 2.03. The summed E-state index contributed by atoms with van der Waals surface area (Å²) in [5.74, 6) is 0.